The Morgan fingerprint density at radius 2 is 2.22 bits per heavy atom. The molecule has 0 saturated heterocycles. The molecule has 100 valence electrons. The van der Waals surface area contributed by atoms with Crippen molar-refractivity contribution in [3.63, 3.8) is 0 Å². The summed E-state index contributed by atoms with van der Waals surface area (Å²) in [7, 11) is 1.63. The van der Waals surface area contributed by atoms with Gasteiger partial charge in [0.15, 0.2) is 11.5 Å². The predicted molar refractivity (Wildman–Crippen MR) is 78.5 cm³/mol. The van der Waals surface area contributed by atoms with E-state index in [0.717, 1.165) is 34.4 Å². The molecule has 4 heteroatoms. The van der Waals surface area contributed by atoms with Crippen molar-refractivity contribution in [2.45, 2.75) is 25.8 Å². The van der Waals surface area contributed by atoms with Crippen LogP contribution in [0.15, 0.2) is 29.3 Å². The Bertz CT molecular complexity index is 407. The lowest BCUT2D eigenvalue weighted by atomic mass is 10.0. The van der Waals surface area contributed by atoms with Gasteiger partial charge in [-0.05, 0) is 24.5 Å². The third-order valence-corrected chi connectivity index (χ3v) is 2.89. The number of benzene rings is 1. The van der Waals surface area contributed by atoms with Gasteiger partial charge < -0.3 is 15.2 Å². The highest BCUT2D eigenvalue weighted by atomic mass is 79.9. The first kappa shape index (κ1) is 15.1. The minimum atomic E-state index is 0.131. The van der Waals surface area contributed by atoms with Crippen LogP contribution in [0.2, 0.25) is 0 Å². The summed E-state index contributed by atoms with van der Waals surface area (Å²) in [4.78, 5) is 0. The van der Waals surface area contributed by atoms with Crippen LogP contribution in [0.4, 0.5) is 0 Å². The molecule has 18 heavy (non-hydrogen) atoms. The van der Waals surface area contributed by atoms with Crippen LogP contribution in [-0.2, 0) is 6.42 Å². The number of rotatable bonds is 7. The average molecular weight is 314 g/mol. The first-order chi connectivity index (χ1) is 8.58. The molecule has 1 aromatic carbocycles. The molecule has 0 aliphatic carbocycles. The van der Waals surface area contributed by atoms with Gasteiger partial charge in [0.2, 0.25) is 0 Å². The molecule has 0 heterocycles. The van der Waals surface area contributed by atoms with Crippen LogP contribution in [0.25, 0.3) is 0 Å². The predicted octanol–water partition coefficient (Wildman–Crippen LogP) is 3.26. The maximum Gasteiger partial charge on any atom is 0.164 e. The van der Waals surface area contributed by atoms with Crippen LogP contribution < -0.4 is 15.2 Å². The van der Waals surface area contributed by atoms with E-state index in [-0.39, 0.29) is 6.04 Å². The van der Waals surface area contributed by atoms with Gasteiger partial charge in [-0.1, -0.05) is 41.6 Å². The standard InChI is InChI=1S/C14H20BrNO2/c1-4-12(16)8-11-6-5-7-13(17-3)14(11)18-9-10(2)15/h5-7,12H,2,4,8-9,16H2,1,3H3. The fourth-order valence-corrected chi connectivity index (χ4v) is 1.74. The molecule has 0 fully saturated rings. The second-order valence-electron chi connectivity index (χ2n) is 4.13. The number of hydrogen-bond acceptors (Lipinski definition) is 3. The summed E-state index contributed by atoms with van der Waals surface area (Å²) < 4.78 is 11.9. The molecule has 0 aliphatic heterocycles. The second-order valence-corrected chi connectivity index (χ2v) is 5.25. The maximum absolute atomic E-state index is 6.00. The molecule has 2 N–H and O–H groups in total. The zero-order valence-corrected chi connectivity index (χ0v) is 12.5. The molecule has 0 amide bonds. The van der Waals surface area contributed by atoms with Gasteiger partial charge in [-0.25, -0.2) is 0 Å². The largest absolute Gasteiger partial charge is 0.493 e. The van der Waals surface area contributed by atoms with Crippen molar-refractivity contribution in [2.75, 3.05) is 13.7 Å². The Morgan fingerprint density at radius 1 is 1.50 bits per heavy atom. The van der Waals surface area contributed by atoms with Crippen LogP contribution in [0.3, 0.4) is 0 Å². The van der Waals surface area contributed by atoms with Crippen LogP contribution in [0, 0.1) is 0 Å². The van der Waals surface area contributed by atoms with E-state index < -0.39 is 0 Å². The van der Waals surface area contributed by atoms with Crippen LogP contribution >= 0.6 is 15.9 Å². The van der Waals surface area contributed by atoms with Gasteiger partial charge in [0, 0.05) is 10.5 Å². The number of halogens is 1. The van der Waals surface area contributed by atoms with E-state index in [4.69, 9.17) is 15.2 Å². The van der Waals surface area contributed by atoms with Crippen LogP contribution in [0.5, 0.6) is 11.5 Å². The van der Waals surface area contributed by atoms with Crippen LogP contribution in [0.1, 0.15) is 18.9 Å². The molecule has 0 bridgehead atoms. The van der Waals surface area contributed by atoms with Crippen LogP contribution in [-0.4, -0.2) is 19.8 Å². The molecule has 0 saturated carbocycles. The Morgan fingerprint density at radius 3 is 2.78 bits per heavy atom. The van der Waals surface area contributed by atoms with Crippen molar-refractivity contribution < 1.29 is 9.47 Å². The smallest absolute Gasteiger partial charge is 0.164 e. The minimum Gasteiger partial charge on any atom is -0.493 e. The Hall–Kier alpha value is -1.00. The molecule has 0 radical (unpaired) electrons. The summed E-state index contributed by atoms with van der Waals surface area (Å²) >= 11 is 3.28. The summed E-state index contributed by atoms with van der Waals surface area (Å²) in [6.45, 7) is 6.25. The van der Waals surface area contributed by atoms with Gasteiger partial charge >= 0.3 is 0 Å². The normalized spacial score (nSPS) is 12.0. The zero-order chi connectivity index (χ0) is 13.5. The lowest BCUT2D eigenvalue weighted by Gasteiger charge is -2.16. The number of ether oxygens (including phenoxy) is 2. The first-order valence-corrected chi connectivity index (χ1v) is 6.75. The SMILES string of the molecule is C=C(Br)COc1c(CC(N)CC)cccc1OC. The van der Waals surface area contributed by atoms with E-state index in [0.29, 0.717) is 6.61 Å². The van der Waals surface area contributed by atoms with Crippen molar-refractivity contribution in [3.05, 3.63) is 34.8 Å². The maximum atomic E-state index is 6.00. The molecular formula is C14H20BrNO2. The summed E-state index contributed by atoms with van der Waals surface area (Å²) in [6, 6.07) is 5.98. The molecule has 1 atom stereocenters. The third-order valence-electron chi connectivity index (χ3n) is 2.66. The highest BCUT2D eigenvalue weighted by Gasteiger charge is 2.13. The summed E-state index contributed by atoms with van der Waals surface area (Å²) in [5, 5.41) is 0. The summed E-state index contributed by atoms with van der Waals surface area (Å²) in [5.41, 5.74) is 7.07. The van der Waals surface area contributed by atoms with Crippen molar-refractivity contribution in [1.29, 1.82) is 0 Å². The lowest BCUT2D eigenvalue weighted by Crippen LogP contribution is -2.21. The van der Waals surface area contributed by atoms with Gasteiger partial charge in [0.25, 0.3) is 0 Å². The Balaban J connectivity index is 2.96. The molecule has 3 nitrogen and oxygen atoms in total. The van der Waals surface area contributed by atoms with Crippen molar-refractivity contribution in [1.82, 2.24) is 0 Å². The Labute approximate surface area is 117 Å². The monoisotopic (exact) mass is 313 g/mol. The quantitative estimate of drug-likeness (QED) is 0.840. The fraction of sp³-hybridized carbons (Fsp3) is 0.429. The van der Waals surface area contributed by atoms with Gasteiger partial charge in [0.1, 0.15) is 6.61 Å². The van der Waals surface area contributed by atoms with Gasteiger partial charge in [0.05, 0.1) is 7.11 Å². The first-order valence-electron chi connectivity index (χ1n) is 5.96. The molecular weight excluding hydrogens is 294 g/mol. The second kappa shape index (κ2) is 7.44. The van der Waals surface area contributed by atoms with Crippen molar-refractivity contribution >= 4 is 15.9 Å². The molecule has 1 rings (SSSR count). The molecule has 1 aromatic rings. The van der Waals surface area contributed by atoms with Gasteiger partial charge in [-0.2, -0.15) is 0 Å². The molecule has 0 aliphatic rings. The summed E-state index contributed by atoms with van der Waals surface area (Å²) in [5.74, 6) is 1.48. The zero-order valence-electron chi connectivity index (χ0n) is 10.9. The van der Waals surface area contributed by atoms with E-state index in [2.05, 4.69) is 29.4 Å². The van der Waals surface area contributed by atoms with E-state index >= 15 is 0 Å². The average Bonchev–Trinajstić information content (AvgIpc) is 2.36. The number of methoxy groups -OCH3 is 1. The van der Waals surface area contributed by atoms with Crippen molar-refractivity contribution in [2.24, 2.45) is 5.73 Å². The van der Waals surface area contributed by atoms with E-state index in [1.165, 1.54) is 0 Å². The fourth-order valence-electron chi connectivity index (χ4n) is 1.62. The number of nitrogens with two attached hydrogens (primary N) is 1. The Kier molecular flexibility index (Phi) is 6.22. The minimum absolute atomic E-state index is 0.131. The lowest BCUT2D eigenvalue weighted by molar-refractivity contribution is 0.320. The number of para-hydroxylation sites is 1. The molecule has 1 unspecified atom stereocenters. The van der Waals surface area contributed by atoms with Crippen molar-refractivity contribution in [3.8, 4) is 11.5 Å². The topological polar surface area (TPSA) is 44.5 Å². The highest BCUT2D eigenvalue weighted by Crippen LogP contribution is 2.32. The number of hydrogen-bond donors (Lipinski definition) is 1. The van der Waals surface area contributed by atoms with E-state index in [1.54, 1.807) is 7.11 Å². The molecule has 0 spiro atoms. The van der Waals surface area contributed by atoms with E-state index in [1.807, 2.05) is 18.2 Å². The highest BCUT2D eigenvalue weighted by molar-refractivity contribution is 9.11. The van der Waals surface area contributed by atoms with E-state index in [9.17, 15) is 0 Å². The van der Waals surface area contributed by atoms with Gasteiger partial charge in [-0.15, -0.1) is 0 Å². The molecule has 0 aromatic heterocycles. The van der Waals surface area contributed by atoms with Gasteiger partial charge in [-0.3, -0.25) is 0 Å². The summed E-state index contributed by atoms with van der Waals surface area (Å²) in [6.07, 6.45) is 1.71. The third kappa shape index (κ3) is 4.35.